The van der Waals surface area contributed by atoms with Gasteiger partial charge in [-0.15, -0.1) is 0 Å². The molecule has 0 spiro atoms. The Morgan fingerprint density at radius 3 is 2.02 bits per heavy atom. The Kier molecular flexibility index (Phi) is 19.8. The number of aliphatic hydroxyl groups excluding tert-OH is 3. The number of aldehydes is 1. The van der Waals surface area contributed by atoms with Crippen molar-refractivity contribution < 1.29 is 29.6 Å². The topological polar surface area (TPSA) is 104 Å². The fraction of sp³-hybridized carbons (Fsp3) is 0.514. The van der Waals surface area contributed by atoms with Crippen LogP contribution in [0.4, 0.5) is 0 Å². The molecule has 0 amide bonds. The maximum absolute atomic E-state index is 11.6. The molecule has 1 unspecified atom stereocenters. The second kappa shape index (κ2) is 22.5. The molecule has 2 aromatic rings. The van der Waals surface area contributed by atoms with E-state index in [0.29, 0.717) is 23.9 Å². The quantitative estimate of drug-likeness (QED) is 0.0673. The Morgan fingerprint density at radius 1 is 0.837 bits per heavy atom. The van der Waals surface area contributed by atoms with Crippen LogP contribution in [0.15, 0.2) is 66.8 Å². The predicted octanol–water partition coefficient (Wildman–Crippen LogP) is 6.82. The Balaban J connectivity index is 0.000000790. The van der Waals surface area contributed by atoms with Crippen molar-refractivity contribution in [2.24, 2.45) is 11.8 Å². The van der Waals surface area contributed by atoms with Gasteiger partial charge in [-0.1, -0.05) is 95.2 Å². The third kappa shape index (κ3) is 15.3. The van der Waals surface area contributed by atoms with Gasteiger partial charge in [0.05, 0.1) is 6.61 Å². The second-order valence-corrected chi connectivity index (χ2v) is 11.4. The molecule has 2 rings (SSSR count). The fourth-order valence-electron chi connectivity index (χ4n) is 4.68. The van der Waals surface area contributed by atoms with Crippen LogP contribution in [0, 0.1) is 11.8 Å². The normalized spacial score (nSPS) is 11.4. The summed E-state index contributed by atoms with van der Waals surface area (Å²) in [6, 6.07) is 15.6. The fourth-order valence-corrected chi connectivity index (χ4v) is 4.68. The van der Waals surface area contributed by atoms with E-state index in [2.05, 4.69) is 69.5 Å². The van der Waals surface area contributed by atoms with Crippen LogP contribution in [-0.4, -0.2) is 54.0 Å². The van der Waals surface area contributed by atoms with Crippen molar-refractivity contribution in [3.63, 3.8) is 0 Å². The number of ether oxygens (including phenoxy) is 1. The molecule has 1 atom stereocenters. The average Bonchev–Trinajstić information content (AvgIpc) is 3.03. The predicted molar refractivity (Wildman–Crippen MR) is 176 cm³/mol. The molecule has 0 saturated heterocycles. The molecular weight excluding hydrogens is 540 g/mol. The van der Waals surface area contributed by atoms with Crippen LogP contribution in [-0.2, 0) is 33.6 Å². The maximum Gasteiger partial charge on any atom is 0.333 e. The number of carbonyl (C=O) groups excluding carboxylic acids is 2. The van der Waals surface area contributed by atoms with Crippen LogP contribution in [0.25, 0.3) is 11.1 Å². The minimum atomic E-state index is -0.397. The molecule has 0 aromatic heterocycles. The summed E-state index contributed by atoms with van der Waals surface area (Å²) >= 11 is 0. The lowest BCUT2D eigenvalue weighted by Gasteiger charge is -2.15. The summed E-state index contributed by atoms with van der Waals surface area (Å²) in [6.45, 7) is 13.2. The molecule has 0 aliphatic carbocycles. The van der Waals surface area contributed by atoms with Gasteiger partial charge >= 0.3 is 5.97 Å². The molecule has 0 saturated carbocycles. The van der Waals surface area contributed by atoms with Crippen molar-refractivity contribution in [2.75, 3.05) is 26.4 Å². The molecule has 0 radical (unpaired) electrons. The second-order valence-electron chi connectivity index (χ2n) is 11.4. The molecule has 0 heterocycles. The summed E-state index contributed by atoms with van der Waals surface area (Å²) in [5.74, 6) is -0.695. The number of hydrogen-bond acceptors (Lipinski definition) is 6. The summed E-state index contributed by atoms with van der Waals surface area (Å²) in [5.41, 5.74) is 7.48. The van der Waals surface area contributed by atoms with Gasteiger partial charge in [-0.3, -0.25) is 4.79 Å². The van der Waals surface area contributed by atoms with Gasteiger partial charge in [-0.2, -0.15) is 0 Å². The van der Waals surface area contributed by atoms with Crippen molar-refractivity contribution in [2.45, 2.75) is 85.0 Å². The first-order chi connectivity index (χ1) is 20.7. The summed E-state index contributed by atoms with van der Waals surface area (Å²) < 4.78 is 5.20. The highest BCUT2D eigenvalue weighted by atomic mass is 16.5. The molecule has 6 nitrogen and oxygen atoms in total. The van der Waals surface area contributed by atoms with E-state index in [0.717, 1.165) is 19.3 Å². The molecule has 43 heavy (non-hydrogen) atoms. The third-order valence-electron chi connectivity index (χ3n) is 7.56. The molecule has 0 aliphatic rings. The number of carbonyl (C=O) groups is 2. The van der Waals surface area contributed by atoms with E-state index in [1.54, 1.807) is 6.92 Å². The largest absolute Gasteiger partial charge is 0.462 e. The van der Waals surface area contributed by atoms with E-state index < -0.39 is 5.97 Å². The van der Waals surface area contributed by atoms with Gasteiger partial charge in [-0.05, 0) is 78.8 Å². The van der Waals surface area contributed by atoms with Crippen LogP contribution < -0.4 is 0 Å². The van der Waals surface area contributed by atoms with Crippen LogP contribution in [0.1, 0.15) is 82.4 Å². The van der Waals surface area contributed by atoms with E-state index in [-0.39, 0.29) is 38.3 Å². The van der Waals surface area contributed by atoms with Crippen LogP contribution >= 0.6 is 0 Å². The third-order valence-corrected chi connectivity index (χ3v) is 7.56. The Morgan fingerprint density at radius 2 is 1.47 bits per heavy atom. The minimum Gasteiger partial charge on any atom is -0.462 e. The Labute approximate surface area is 259 Å². The molecule has 0 bridgehead atoms. The van der Waals surface area contributed by atoms with Crippen LogP contribution in [0.3, 0.4) is 0 Å². The molecule has 3 N–H and O–H groups in total. The van der Waals surface area contributed by atoms with Crippen molar-refractivity contribution in [1.82, 2.24) is 0 Å². The lowest BCUT2D eigenvalue weighted by atomic mass is 9.93. The van der Waals surface area contributed by atoms with E-state index in [4.69, 9.17) is 14.9 Å². The van der Waals surface area contributed by atoms with Crippen LogP contribution in [0.2, 0.25) is 0 Å². The molecular formula is C37H54O6. The van der Waals surface area contributed by atoms with Crippen molar-refractivity contribution in [3.8, 4) is 11.1 Å². The molecule has 0 fully saturated rings. The van der Waals surface area contributed by atoms with Gasteiger partial charge in [0, 0.05) is 37.2 Å². The summed E-state index contributed by atoms with van der Waals surface area (Å²) in [7, 11) is 0. The van der Waals surface area contributed by atoms with Gasteiger partial charge in [0.25, 0.3) is 0 Å². The molecule has 6 heteroatoms. The van der Waals surface area contributed by atoms with Gasteiger partial charge in [-0.25, -0.2) is 4.79 Å². The lowest BCUT2D eigenvalue weighted by Crippen LogP contribution is -2.18. The number of aryl methyl sites for hydroxylation is 3. The van der Waals surface area contributed by atoms with Gasteiger partial charge in [0.1, 0.15) is 6.29 Å². The van der Waals surface area contributed by atoms with Crippen molar-refractivity contribution in [1.29, 1.82) is 0 Å². The number of unbranched alkanes of at least 4 members (excludes halogenated alkanes) is 4. The number of esters is 1. The number of benzene rings is 2. The zero-order valence-corrected chi connectivity index (χ0v) is 26.7. The zero-order valence-electron chi connectivity index (χ0n) is 26.7. The minimum absolute atomic E-state index is 0.00625. The van der Waals surface area contributed by atoms with E-state index >= 15 is 0 Å². The SMILES string of the molecule is C=C(C)C(=O)OCC(CO)CCc1ccc(-c2ccc(CCCCCCC)c(CC)c2)cc1.C=C(C=O)CC(CO)CO. The molecule has 2 aromatic carbocycles. The summed E-state index contributed by atoms with van der Waals surface area (Å²) in [4.78, 5) is 21.6. The number of rotatable bonds is 20. The van der Waals surface area contributed by atoms with Crippen molar-refractivity contribution >= 4 is 12.3 Å². The van der Waals surface area contributed by atoms with Gasteiger partial charge in [0.2, 0.25) is 0 Å². The highest BCUT2D eigenvalue weighted by molar-refractivity contribution is 5.86. The number of aliphatic hydroxyl groups is 3. The van der Waals surface area contributed by atoms with E-state index in [1.807, 2.05) is 0 Å². The summed E-state index contributed by atoms with van der Waals surface area (Å²) in [5, 5.41) is 26.7. The zero-order chi connectivity index (χ0) is 32.0. The van der Waals surface area contributed by atoms with E-state index in [1.165, 1.54) is 66.3 Å². The van der Waals surface area contributed by atoms with Gasteiger partial charge in [0.15, 0.2) is 0 Å². The number of hydrogen-bond donors (Lipinski definition) is 3. The smallest absolute Gasteiger partial charge is 0.333 e. The highest BCUT2D eigenvalue weighted by Crippen LogP contribution is 2.25. The lowest BCUT2D eigenvalue weighted by molar-refractivity contribution is -0.140. The number of allylic oxidation sites excluding steroid dienone is 1. The Hall–Kier alpha value is -3.06. The first-order valence-electron chi connectivity index (χ1n) is 15.7. The van der Waals surface area contributed by atoms with Crippen LogP contribution in [0.5, 0.6) is 0 Å². The maximum atomic E-state index is 11.6. The first kappa shape index (κ1) is 38.0. The average molecular weight is 595 g/mol. The highest BCUT2D eigenvalue weighted by Gasteiger charge is 2.12. The standard InChI is InChI=1S/C30H42O3.C7H12O3/c1-5-7-8-9-10-11-27-18-19-29(20-26(27)6-2)28-16-14-24(15-17-28)12-13-25(21-31)22-33-30(32)23(3)4;1-6(3-8)2-7(4-9)5-10/h14-20,25,31H,3,5-13,21-22H2,1-2,4H3;3,7,9-10H,1-2,4-5H2. The van der Waals surface area contributed by atoms with Crippen molar-refractivity contribution in [3.05, 3.63) is 83.5 Å². The Bertz CT molecular complexity index is 1100. The van der Waals surface area contributed by atoms with Gasteiger partial charge < -0.3 is 20.1 Å². The molecule has 0 aliphatic heterocycles. The first-order valence-corrected chi connectivity index (χ1v) is 15.7. The van der Waals surface area contributed by atoms with E-state index in [9.17, 15) is 14.7 Å². The summed E-state index contributed by atoms with van der Waals surface area (Å²) in [6.07, 6.45) is 11.5. The monoisotopic (exact) mass is 594 g/mol. The molecule has 238 valence electrons.